The quantitative estimate of drug-likeness (QED) is 0.477. The molecule has 2 heterocycles. The smallest absolute Gasteiger partial charge is 0.214 e. The number of hydrogen-bond donors (Lipinski definition) is 0. The lowest BCUT2D eigenvalue weighted by Crippen LogP contribution is -2.34. The van der Waals surface area contributed by atoms with Gasteiger partial charge in [0, 0.05) is 17.5 Å². The molecule has 0 amide bonds. The van der Waals surface area contributed by atoms with Gasteiger partial charge in [0.2, 0.25) is 12.0 Å². The van der Waals surface area contributed by atoms with E-state index in [0.717, 1.165) is 34.6 Å². The van der Waals surface area contributed by atoms with E-state index in [-0.39, 0.29) is 6.04 Å². The molecule has 0 bridgehead atoms. The van der Waals surface area contributed by atoms with Gasteiger partial charge in [0.05, 0.1) is 47.3 Å². The predicted molar refractivity (Wildman–Crippen MR) is 131 cm³/mol. The zero-order valence-corrected chi connectivity index (χ0v) is 20.4. The minimum Gasteiger partial charge on any atom is -0.497 e. The number of para-hydroxylation sites is 1. The first-order chi connectivity index (χ1) is 17.1. The van der Waals surface area contributed by atoms with Crippen LogP contribution in [0.2, 0.25) is 0 Å². The molecule has 3 aromatic carbocycles. The van der Waals surface area contributed by atoms with Crippen molar-refractivity contribution in [3.63, 3.8) is 0 Å². The summed E-state index contributed by atoms with van der Waals surface area (Å²) in [4.78, 5) is 0. The molecule has 0 spiro atoms. The number of rotatable bonds is 7. The van der Waals surface area contributed by atoms with Crippen LogP contribution in [0, 0.1) is 0 Å². The maximum atomic E-state index is 6.57. The highest BCUT2D eigenvalue weighted by atomic mass is 16.5. The van der Waals surface area contributed by atoms with Crippen LogP contribution < -0.4 is 28.4 Å². The van der Waals surface area contributed by atoms with Crippen LogP contribution in [0.3, 0.4) is 0 Å². The number of fused-ring (bicyclic) bond motifs is 3. The number of benzene rings is 3. The average Bonchev–Trinajstić information content (AvgIpc) is 3.37. The SMILES string of the molecule is COc1ccc(C2=NN3[C@H](C2)c2cccc(OC)c2O[C@@H]3c2cc(OC)c(OC)c(OC)c2)cc1. The summed E-state index contributed by atoms with van der Waals surface area (Å²) < 4.78 is 34.2. The number of ether oxygens (including phenoxy) is 6. The fourth-order valence-electron chi connectivity index (χ4n) is 4.67. The fourth-order valence-corrected chi connectivity index (χ4v) is 4.67. The van der Waals surface area contributed by atoms with E-state index in [1.807, 2.05) is 53.5 Å². The van der Waals surface area contributed by atoms with Crippen molar-refractivity contribution in [3.05, 3.63) is 71.3 Å². The van der Waals surface area contributed by atoms with Gasteiger partial charge in [-0.2, -0.15) is 5.10 Å². The Balaban J connectivity index is 1.63. The highest BCUT2D eigenvalue weighted by Crippen LogP contribution is 2.52. The van der Waals surface area contributed by atoms with Crippen molar-refractivity contribution in [2.24, 2.45) is 5.10 Å². The second-order valence-electron chi connectivity index (χ2n) is 8.18. The Morgan fingerprint density at radius 2 is 1.49 bits per heavy atom. The molecule has 0 aliphatic carbocycles. The molecule has 5 rings (SSSR count). The lowest BCUT2D eigenvalue weighted by Gasteiger charge is -2.38. The van der Waals surface area contributed by atoms with E-state index in [9.17, 15) is 0 Å². The van der Waals surface area contributed by atoms with Crippen LogP contribution in [-0.4, -0.2) is 46.3 Å². The van der Waals surface area contributed by atoms with Gasteiger partial charge in [0.1, 0.15) is 5.75 Å². The summed E-state index contributed by atoms with van der Waals surface area (Å²) in [5.41, 5.74) is 3.85. The number of methoxy groups -OCH3 is 5. The lowest BCUT2D eigenvalue weighted by molar-refractivity contribution is -0.0211. The van der Waals surface area contributed by atoms with E-state index in [4.69, 9.17) is 33.5 Å². The second-order valence-corrected chi connectivity index (χ2v) is 8.18. The van der Waals surface area contributed by atoms with Gasteiger partial charge in [-0.15, -0.1) is 0 Å². The highest BCUT2D eigenvalue weighted by Gasteiger charge is 2.42. The monoisotopic (exact) mass is 476 g/mol. The Hall–Kier alpha value is -4.07. The Morgan fingerprint density at radius 3 is 2.09 bits per heavy atom. The number of hydrazone groups is 1. The summed E-state index contributed by atoms with van der Waals surface area (Å²) in [7, 11) is 8.08. The van der Waals surface area contributed by atoms with Crippen molar-refractivity contribution in [2.75, 3.05) is 35.5 Å². The van der Waals surface area contributed by atoms with Crippen LogP contribution >= 0.6 is 0 Å². The van der Waals surface area contributed by atoms with Gasteiger partial charge in [-0.3, -0.25) is 0 Å². The van der Waals surface area contributed by atoms with Crippen molar-refractivity contribution >= 4 is 5.71 Å². The van der Waals surface area contributed by atoms with Gasteiger partial charge in [-0.05, 0) is 48.0 Å². The van der Waals surface area contributed by atoms with Crippen LogP contribution in [-0.2, 0) is 0 Å². The van der Waals surface area contributed by atoms with Crippen LogP contribution in [0.5, 0.6) is 34.5 Å². The molecule has 182 valence electrons. The maximum Gasteiger partial charge on any atom is 0.214 e. The first-order valence-corrected chi connectivity index (χ1v) is 11.3. The van der Waals surface area contributed by atoms with Gasteiger partial charge in [0.15, 0.2) is 23.0 Å². The molecule has 35 heavy (non-hydrogen) atoms. The first-order valence-electron chi connectivity index (χ1n) is 11.3. The third-order valence-corrected chi connectivity index (χ3v) is 6.40. The molecular weight excluding hydrogens is 448 g/mol. The summed E-state index contributed by atoms with van der Waals surface area (Å²) in [6.07, 6.45) is 0.185. The van der Waals surface area contributed by atoms with E-state index < -0.39 is 6.23 Å². The Bertz CT molecular complexity index is 1230. The van der Waals surface area contributed by atoms with Crippen LogP contribution in [0.1, 0.15) is 35.4 Å². The maximum absolute atomic E-state index is 6.57. The van der Waals surface area contributed by atoms with Gasteiger partial charge < -0.3 is 28.4 Å². The van der Waals surface area contributed by atoms with E-state index >= 15 is 0 Å². The molecule has 0 N–H and O–H groups in total. The minimum absolute atomic E-state index is 0.0324. The summed E-state index contributed by atoms with van der Waals surface area (Å²) in [5.74, 6) is 3.81. The second kappa shape index (κ2) is 9.29. The van der Waals surface area contributed by atoms with Gasteiger partial charge in [-0.25, -0.2) is 5.01 Å². The van der Waals surface area contributed by atoms with Gasteiger partial charge >= 0.3 is 0 Å². The van der Waals surface area contributed by atoms with Crippen molar-refractivity contribution < 1.29 is 28.4 Å². The molecule has 0 saturated heterocycles. The van der Waals surface area contributed by atoms with Crippen molar-refractivity contribution in [2.45, 2.75) is 18.7 Å². The van der Waals surface area contributed by atoms with E-state index in [1.54, 1.807) is 35.5 Å². The van der Waals surface area contributed by atoms with Gasteiger partial charge in [-0.1, -0.05) is 12.1 Å². The molecule has 2 atom stereocenters. The molecule has 8 nitrogen and oxygen atoms in total. The molecule has 8 heteroatoms. The van der Waals surface area contributed by atoms with Crippen LogP contribution in [0.15, 0.2) is 59.7 Å². The van der Waals surface area contributed by atoms with E-state index in [1.165, 1.54) is 0 Å². The third kappa shape index (κ3) is 3.84. The molecule has 3 aromatic rings. The number of nitrogens with zero attached hydrogens (tertiary/aromatic N) is 2. The van der Waals surface area contributed by atoms with E-state index in [2.05, 4.69) is 6.07 Å². The third-order valence-electron chi connectivity index (χ3n) is 6.40. The fraction of sp³-hybridized carbons (Fsp3) is 0.296. The summed E-state index contributed by atoms with van der Waals surface area (Å²) in [6.45, 7) is 0. The average molecular weight is 477 g/mol. The lowest BCUT2D eigenvalue weighted by atomic mass is 9.95. The van der Waals surface area contributed by atoms with E-state index in [0.29, 0.717) is 28.7 Å². The molecule has 0 fully saturated rings. The Labute approximate surface area is 204 Å². The first kappa shape index (κ1) is 22.7. The summed E-state index contributed by atoms with van der Waals surface area (Å²) in [5, 5.41) is 7.03. The van der Waals surface area contributed by atoms with Crippen LogP contribution in [0.25, 0.3) is 0 Å². The zero-order valence-electron chi connectivity index (χ0n) is 20.4. The molecule has 0 radical (unpaired) electrons. The molecule has 0 aromatic heterocycles. The van der Waals surface area contributed by atoms with Crippen molar-refractivity contribution in [1.29, 1.82) is 0 Å². The standard InChI is InChI=1S/C27H28N2O6/c1-30-18-11-9-16(10-12-18)20-15-21-19-7-6-8-22(31-2)25(19)35-27(29(21)28-20)17-13-23(32-3)26(34-5)24(14-17)33-4/h6-14,21,27H,15H2,1-5H3/t21-,27-/m1/s1. The minimum atomic E-state index is -0.534. The van der Waals surface area contributed by atoms with Gasteiger partial charge in [0.25, 0.3) is 0 Å². The Kier molecular flexibility index (Phi) is 6.03. The number of hydrogen-bond acceptors (Lipinski definition) is 8. The normalized spacial score (nSPS) is 18.1. The summed E-state index contributed by atoms with van der Waals surface area (Å²) >= 11 is 0. The zero-order chi connectivity index (χ0) is 24.5. The highest BCUT2D eigenvalue weighted by molar-refractivity contribution is 6.02. The topological polar surface area (TPSA) is 71.0 Å². The predicted octanol–water partition coefficient (Wildman–Crippen LogP) is 4.97. The molecule has 2 aliphatic rings. The molecular formula is C27H28N2O6. The molecule has 0 unspecified atom stereocenters. The van der Waals surface area contributed by atoms with Crippen molar-refractivity contribution in [1.82, 2.24) is 5.01 Å². The summed E-state index contributed by atoms with van der Waals surface area (Å²) in [6, 6.07) is 17.6. The largest absolute Gasteiger partial charge is 0.497 e. The Morgan fingerprint density at radius 1 is 0.800 bits per heavy atom. The molecule has 2 aliphatic heterocycles. The molecule has 0 saturated carbocycles. The van der Waals surface area contributed by atoms with Crippen LogP contribution in [0.4, 0.5) is 0 Å². The van der Waals surface area contributed by atoms with Crippen molar-refractivity contribution in [3.8, 4) is 34.5 Å².